The molecule has 2 amide bonds. The number of likely N-dealkylation sites (tertiary alicyclic amines) is 1. The first kappa shape index (κ1) is 13.3. The lowest BCUT2D eigenvalue weighted by atomic mass is 9.84. The monoisotopic (exact) mass is 253 g/mol. The lowest BCUT2D eigenvalue weighted by Gasteiger charge is -2.25. The van der Waals surface area contributed by atoms with Gasteiger partial charge in [0.15, 0.2) is 0 Å². The fourth-order valence-corrected chi connectivity index (χ4v) is 2.86. The van der Waals surface area contributed by atoms with Crippen molar-refractivity contribution in [1.82, 2.24) is 10.2 Å². The summed E-state index contributed by atoms with van der Waals surface area (Å²) < 4.78 is 0. The minimum absolute atomic E-state index is 0.0177. The van der Waals surface area contributed by atoms with E-state index in [1.165, 1.54) is 0 Å². The van der Waals surface area contributed by atoms with Crippen molar-refractivity contribution in [2.24, 2.45) is 11.7 Å². The van der Waals surface area contributed by atoms with Gasteiger partial charge in [-0.15, -0.1) is 0 Å². The highest BCUT2D eigenvalue weighted by atomic mass is 16.2. The highest BCUT2D eigenvalue weighted by Gasteiger charge is 2.31. The van der Waals surface area contributed by atoms with Crippen LogP contribution in [0, 0.1) is 5.92 Å². The van der Waals surface area contributed by atoms with Gasteiger partial charge >= 0.3 is 0 Å². The third-order valence-corrected chi connectivity index (χ3v) is 4.13. The summed E-state index contributed by atoms with van der Waals surface area (Å²) in [5.74, 6) is 0.497. The Morgan fingerprint density at radius 1 is 1.33 bits per heavy atom. The molecule has 5 nitrogen and oxygen atoms in total. The van der Waals surface area contributed by atoms with E-state index in [1.807, 2.05) is 0 Å². The van der Waals surface area contributed by atoms with Gasteiger partial charge in [0.25, 0.3) is 0 Å². The summed E-state index contributed by atoms with van der Waals surface area (Å²) in [6.45, 7) is 0.738. The summed E-state index contributed by atoms with van der Waals surface area (Å²) in [5.41, 5.74) is 5.84. The zero-order valence-corrected chi connectivity index (χ0v) is 11.0. The van der Waals surface area contributed by atoms with E-state index >= 15 is 0 Å². The van der Waals surface area contributed by atoms with Gasteiger partial charge in [-0.3, -0.25) is 9.59 Å². The fraction of sp³-hybridized carbons (Fsp3) is 0.846. The van der Waals surface area contributed by atoms with Crippen molar-refractivity contribution in [3.05, 3.63) is 0 Å². The Bertz CT molecular complexity index is 324. The van der Waals surface area contributed by atoms with Gasteiger partial charge in [0.1, 0.15) is 6.04 Å². The molecule has 2 aliphatic rings. The largest absolute Gasteiger partial charge is 0.344 e. The summed E-state index contributed by atoms with van der Waals surface area (Å²) in [7, 11) is 1.77. The van der Waals surface area contributed by atoms with Crippen LogP contribution in [0.3, 0.4) is 0 Å². The average Bonchev–Trinajstić information content (AvgIpc) is 2.64. The Hall–Kier alpha value is -1.10. The Morgan fingerprint density at radius 3 is 2.56 bits per heavy atom. The van der Waals surface area contributed by atoms with Crippen LogP contribution in [0.25, 0.3) is 0 Å². The normalized spacial score (nSPS) is 32.7. The van der Waals surface area contributed by atoms with Gasteiger partial charge in [-0.1, -0.05) is 0 Å². The van der Waals surface area contributed by atoms with Gasteiger partial charge in [-0.05, 0) is 38.0 Å². The number of rotatable bonds is 3. The predicted octanol–water partition coefficient (Wildman–Crippen LogP) is 0.241. The van der Waals surface area contributed by atoms with Crippen LogP contribution < -0.4 is 11.1 Å². The van der Waals surface area contributed by atoms with E-state index in [9.17, 15) is 9.59 Å². The average molecular weight is 253 g/mol. The van der Waals surface area contributed by atoms with Gasteiger partial charge in [-0.2, -0.15) is 0 Å². The lowest BCUT2D eigenvalue weighted by molar-refractivity contribution is -0.132. The molecule has 0 spiro atoms. The van der Waals surface area contributed by atoms with Crippen LogP contribution in [-0.2, 0) is 9.59 Å². The van der Waals surface area contributed by atoms with Crippen LogP contribution >= 0.6 is 0 Å². The molecule has 2 fully saturated rings. The first-order valence-electron chi connectivity index (χ1n) is 6.86. The smallest absolute Gasteiger partial charge is 0.244 e. The Balaban J connectivity index is 1.74. The molecule has 5 heteroatoms. The molecular weight excluding hydrogens is 230 g/mol. The molecule has 102 valence electrons. The van der Waals surface area contributed by atoms with Crippen molar-refractivity contribution >= 4 is 11.8 Å². The zero-order chi connectivity index (χ0) is 13.1. The maximum atomic E-state index is 11.9. The molecule has 0 radical (unpaired) electrons. The Morgan fingerprint density at radius 2 is 2.00 bits per heavy atom. The summed E-state index contributed by atoms with van der Waals surface area (Å²) in [6, 6.07) is 0.0164. The van der Waals surface area contributed by atoms with E-state index in [0.717, 1.165) is 38.6 Å². The van der Waals surface area contributed by atoms with Crippen LogP contribution in [0.5, 0.6) is 0 Å². The number of hydrogen-bond acceptors (Lipinski definition) is 3. The van der Waals surface area contributed by atoms with E-state index < -0.39 is 0 Å². The SMILES string of the molecule is CN1CCC(NC(=O)CC2CCC(N)CC2)C1=O. The van der Waals surface area contributed by atoms with Crippen molar-refractivity contribution in [3.8, 4) is 0 Å². The van der Waals surface area contributed by atoms with Crippen molar-refractivity contribution in [2.45, 2.75) is 50.6 Å². The summed E-state index contributed by atoms with van der Waals surface area (Å²) in [5, 5.41) is 2.86. The molecule has 0 aromatic carbocycles. The van der Waals surface area contributed by atoms with E-state index in [4.69, 9.17) is 5.73 Å². The Kier molecular flexibility index (Phi) is 4.22. The number of nitrogens with zero attached hydrogens (tertiary/aromatic N) is 1. The molecule has 1 aliphatic heterocycles. The van der Waals surface area contributed by atoms with Gasteiger partial charge in [0.05, 0.1) is 0 Å². The van der Waals surface area contributed by atoms with E-state index in [-0.39, 0.29) is 17.9 Å². The lowest BCUT2D eigenvalue weighted by Crippen LogP contribution is -2.41. The predicted molar refractivity (Wildman–Crippen MR) is 68.7 cm³/mol. The number of nitrogens with one attached hydrogen (secondary N) is 1. The third-order valence-electron chi connectivity index (χ3n) is 4.13. The maximum Gasteiger partial charge on any atom is 0.244 e. The minimum atomic E-state index is -0.298. The van der Waals surface area contributed by atoms with Crippen molar-refractivity contribution < 1.29 is 9.59 Å². The van der Waals surface area contributed by atoms with Gasteiger partial charge in [0.2, 0.25) is 11.8 Å². The first-order chi connectivity index (χ1) is 8.56. The van der Waals surface area contributed by atoms with Gasteiger partial charge in [-0.25, -0.2) is 0 Å². The standard InChI is InChI=1S/C13H23N3O2/c1-16-7-6-11(13(16)18)15-12(17)8-9-2-4-10(14)5-3-9/h9-11H,2-8,14H2,1H3,(H,15,17). The van der Waals surface area contributed by atoms with Gasteiger partial charge < -0.3 is 16.0 Å². The Labute approximate surface area is 108 Å². The van der Waals surface area contributed by atoms with E-state index in [2.05, 4.69) is 5.32 Å². The van der Waals surface area contributed by atoms with Crippen molar-refractivity contribution in [3.63, 3.8) is 0 Å². The second-order valence-electron chi connectivity index (χ2n) is 5.65. The summed E-state index contributed by atoms with van der Waals surface area (Å²) >= 11 is 0. The quantitative estimate of drug-likeness (QED) is 0.756. The molecule has 1 heterocycles. The van der Waals surface area contributed by atoms with E-state index in [0.29, 0.717) is 18.4 Å². The van der Waals surface area contributed by atoms with Crippen LogP contribution in [-0.4, -0.2) is 42.4 Å². The van der Waals surface area contributed by atoms with E-state index in [1.54, 1.807) is 11.9 Å². The van der Waals surface area contributed by atoms with Crippen LogP contribution in [0.15, 0.2) is 0 Å². The number of nitrogens with two attached hydrogens (primary N) is 1. The summed E-state index contributed by atoms with van der Waals surface area (Å²) in [6.07, 6.45) is 5.38. The minimum Gasteiger partial charge on any atom is -0.344 e. The topological polar surface area (TPSA) is 75.4 Å². The van der Waals surface area contributed by atoms with Crippen molar-refractivity contribution in [1.29, 1.82) is 0 Å². The van der Waals surface area contributed by atoms with Crippen molar-refractivity contribution in [2.75, 3.05) is 13.6 Å². The second-order valence-corrected chi connectivity index (χ2v) is 5.65. The first-order valence-corrected chi connectivity index (χ1v) is 6.86. The molecule has 0 aromatic heterocycles. The number of hydrogen-bond donors (Lipinski definition) is 2. The molecular formula is C13H23N3O2. The van der Waals surface area contributed by atoms with Crippen LogP contribution in [0.2, 0.25) is 0 Å². The molecule has 3 N–H and O–H groups in total. The van der Waals surface area contributed by atoms with Crippen LogP contribution in [0.4, 0.5) is 0 Å². The zero-order valence-electron chi connectivity index (χ0n) is 11.0. The molecule has 1 saturated heterocycles. The highest BCUT2D eigenvalue weighted by molar-refractivity contribution is 5.89. The van der Waals surface area contributed by atoms with Gasteiger partial charge in [0, 0.05) is 26.1 Å². The molecule has 1 unspecified atom stereocenters. The second kappa shape index (κ2) is 5.69. The maximum absolute atomic E-state index is 11.9. The molecule has 1 saturated carbocycles. The van der Waals surface area contributed by atoms with Crippen LogP contribution in [0.1, 0.15) is 38.5 Å². The highest BCUT2D eigenvalue weighted by Crippen LogP contribution is 2.25. The molecule has 2 rings (SSSR count). The number of amides is 2. The number of carbonyl (C=O) groups is 2. The number of carbonyl (C=O) groups excluding carboxylic acids is 2. The third kappa shape index (κ3) is 3.22. The molecule has 0 bridgehead atoms. The number of likely N-dealkylation sites (N-methyl/N-ethyl adjacent to an activating group) is 1. The fourth-order valence-electron chi connectivity index (χ4n) is 2.86. The summed E-state index contributed by atoms with van der Waals surface area (Å²) in [4.78, 5) is 25.2. The molecule has 1 aliphatic carbocycles. The molecule has 1 atom stereocenters. The molecule has 0 aromatic rings. The molecule has 18 heavy (non-hydrogen) atoms.